The van der Waals surface area contributed by atoms with Crippen molar-refractivity contribution in [1.82, 2.24) is 25.5 Å². The highest BCUT2D eigenvalue weighted by Crippen LogP contribution is 2.37. The number of esters is 2. The summed E-state index contributed by atoms with van der Waals surface area (Å²) in [6, 6.07) is 3.57. The molecule has 34 heavy (non-hydrogen) atoms. The lowest BCUT2D eigenvalue weighted by Crippen LogP contribution is -2.31. The Morgan fingerprint density at radius 2 is 1.71 bits per heavy atom. The molecule has 3 rings (SSSR count). The fraction of sp³-hybridized carbons (Fsp3) is 0.350. The number of nitrogens with one attached hydrogen (secondary N) is 1. The summed E-state index contributed by atoms with van der Waals surface area (Å²) in [4.78, 5) is 41.9. The van der Waals surface area contributed by atoms with Crippen molar-refractivity contribution in [2.45, 2.75) is 31.5 Å². The second-order valence-electron chi connectivity index (χ2n) is 6.85. The Balaban J connectivity index is 0.000000440. The number of aromatic nitrogens is 4. The number of carboxylic acid groups (broad SMARTS) is 2. The fourth-order valence-electron chi connectivity index (χ4n) is 2.91. The molecule has 0 bridgehead atoms. The summed E-state index contributed by atoms with van der Waals surface area (Å²) >= 11 is 1.53. The van der Waals surface area contributed by atoms with E-state index in [1.54, 1.807) is 23.9 Å². The molecule has 1 aliphatic rings. The maximum atomic E-state index is 11.4. The van der Waals surface area contributed by atoms with Crippen molar-refractivity contribution in [3.63, 3.8) is 0 Å². The molecule has 1 aliphatic heterocycles. The molecule has 0 spiro atoms. The lowest BCUT2D eigenvalue weighted by Gasteiger charge is -2.27. The summed E-state index contributed by atoms with van der Waals surface area (Å²) in [6.07, 6.45) is 1.90. The van der Waals surface area contributed by atoms with E-state index in [1.807, 2.05) is 0 Å². The summed E-state index contributed by atoms with van der Waals surface area (Å²) < 4.78 is 12.1. The average molecular weight is 493 g/mol. The van der Waals surface area contributed by atoms with Crippen LogP contribution in [0.15, 0.2) is 29.4 Å². The lowest BCUT2D eigenvalue weighted by molar-refractivity contribution is -0.134. The number of aliphatic carboxylic acids is 2. The van der Waals surface area contributed by atoms with Gasteiger partial charge in [-0.25, -0.2) is 14.3 Å². The third kappa shape index (κ3) is 8.29. The largest absolute Gasteiger partial charge is 0.478 e. The molecule has 0 fully saturated rings. The number of thioether (sulfide) groups is 1. The Labute approximate surface area is 198 Å². The molecule has 0 saturated carbocycles. The Hall–Kier alpha value is -3.78. The summed E-state index contributed by atoms with van der Waals surface area (Å²) in [7, 11) is 1.79. The molecule has 13 nitrogen and oxygen atoms in total. The molecule has 1 aromatic carbocycles. The molecule has 182 valence electrons. The molecule has 1 atom stereocenters. The van der Waals surface area contributed by atoms with Crippen molar-refractivity contribution >= 4 is 35.6 Å². The molecule has 2 heterocycles. The van der Waals surface area contributed by atoms with Gasteiger partial charge in [-0.15, -0.1) is 5.10 Å². The molecule has 0 amide bonds. The van der Waals surface area contributed by atoms with E-state index >= 15 is 0 Å². The molecular weight excluding hydrogens is 470 g/mol. The number of ether oxygens (including phenoxy) is 2. The van der Waals surface area contributed by atoms with Crippen molar-refractivity contribution in [2.75, 3.05) is 12.3 Å². The monoisotopic (exact) mass is 493 g/mol. The molecule has 0 saturated heterocycles. The summed E-state index contributed by atoms with van der Waals surface area (Å²) in [5.74, 6) is -2.25. The van der Waals surface area contributed by atoms with E-state index in [0.29, 0.717) is 17.9 Å². The van der Waals surface area contributed by atoms with E-state index < -0.39 is 23.9 Å². The third-order valence-corrected chi connectivity index (χ3v) is 5.31. The average Bonchev–Trinajstić information content (AvgIpc) is 3.15. The standard InChI is InChI=1S/C16H19N5O4S.C4H4O4/c1-9(22)24-14-6-11-4-5-17-13(8-26-16-18-19-20-21(16)3)12(11)7-15(14)25-10(2)23;5-3(6)1-2-4(7)8/h6-7,13,17H,4-5,8H2,1-3H3;1-2H,(H,5,6)(H,7,8)/b;2-1+. The molecule has 0 aliphatic carbocycles. The Kier molecular flexibility index (Phi) is 9.70. The Morgan fingerprint density at radius 3 is 2.21 bits per heavy atom. The van der Waals surface area contributed by atoms with Gasteiger partial charge in [0.15, 0.2) is 11.5 Å². The number of hydrogen-bond acceptors (Lipinski definition) is 11. The van der Waals surface area contributed by atoms with Crippen molar-refractivity contribution in [1.29, 1.82) is 0 Å². The van der Waals surface area contributed by atoms with Crippen molar-refractivity contribution < 1.29 is 38.9 Å². The molecule has 1 unspecified atom stereocenters. The van der Waals surface area contributed by atoms with E-state index in [4.69, 9.17) is 19.7 Å². The minimum atomic E-state index is -1.26. The van der Waals surface area contributed by atoms with Crippen LogP contribution < -0.4 is 14.8 Å². The number of carboxylic acids is 2. The molecule has 14 heteroatoms. The zero-order chi connectivity index (χ0) is 25.3. The number of benzene rings is 1. The maximum Gasteiger partial charge on any atom is 0.328 e. The molecule has 3 N–H and O–H groups in total. The van der Waals surface area contributed by atoms with Crippen LogP contribution in [0.25, 0.3) is 0 Å². The van der Waals surface area contributed by atoms with E-state index in [1.165, 1.54) is 25.6 Å². The maximum absolute atomic E-state index is 11.4. The van der Waals surface area contributed by atoms with Crippen molar-refractivity contribution in [2.24, 2.45) is 7.05 Å². The van der Waals surface area contributed by atoms with Gasteiger partial charge < -0.3 is 25.0 Å². The Morgan fingerprint density at radius 1 is 1.12 bits per heavy atom. The highest BCUT2D eigenvalue weighted by atomic mass is 32.2. The zero-order valence-corrected chi connectivity index (χ0v) is 19.4. The van der Waals surface area contributed by atoms with Crippen LogP contribution in [0.3, 0.4) is 0 Å². The van der Waals surface area contributed by atoms with Gasteiger partial charge in [0.25, 0.3) is 0 Å². The first-order valence-electron chi connectivity index (χ1n) is 9.83. The van der Waals surface area contributed by atoms with Crippen molar-refractivity contribution in [3.8, 4) is 11.5 Å². The number of hydrogen-bond donors (Lipinski definition) is 3. The second kappa shape index (κ2) is 12.5. The third-order valence-electron chi connectivity index (χ3n) is 4.20. The number of rotatable bonds is 7. The first kappa shape index (κ1) is 26.5. The zero-order valence-electron chi connectivity index (χ0n) is 18.5. The van der Waals surface area contributed by atoms with Gasteiger partial charge in [-0.2, -0.15) is 0 Å². The lowest BCUT2D eigenvalue weighted by atomic mass is 9.94. The SMILES string of the molecule is CC(=O)Oc1cc2c(cc1OC(C)=O)C(CSc1nnnn1C)NCC2.O=C(O)/C=C/C(=O)O. The summed E-state index contributed by atoms with van der Waals surface area (Å²) in [5, 5.41) is 31.2. The van der Waals surface area contributed by atoms with E-state index in [-0.39, 0.29) is 17.5 Å². The van der Waals surface area contributed by atoms with E-state index in [2.05, 4.69) is 20.8 Å². The van der Waals surface area contributed by atoms with E-state index in [9.17, 15) is 19.2 Å². The predicted molar refractivity (Wildman–Crippen MR) is 117 cm³/mol. The minimum absolute atomic E-state index is 0.0288. The Bertz CT molecular complexity index is 1080. The van der Waals surface area contributed by atoms with Gasteiger partial charge in [-0.05, 0) is 46.7 Å². The van der Waals surface area contributed by atoms with Crippen LogP contribution >= 0.6 is 11.8 Å². The number of tetrazole rings is 1. The normalized spacial score (nSPS) is 14.5. The number of carbonyl (C=O) groups is 4. The summed E-state index contributed by atoms with van der Waals surface area (Å²) in [6.45, 7) is 3.41. The van der Waals surface area contributed by atoms with Gasteiger partial charge in [0.1, 0.15) is 0 Å². The predicted octanol–water partition coefficient (Wildman–Crippen LogP) is 0.752. The van der Waals surface area contributed by atoms with E-state index in [0.717, 1.165) is 29.2 Å². The molecule has 0 radical (unpaired) electrons. The number of nitrogens with zero attached hydrogens (tertiary/aromatic N) is 4. The van der Waals surface area contributed by atoms with Crippen LogP contribution in [0.5, 0.6) is 11.5 Å². The van der Waals surface area contributed by atoms with Gasteiger partial charge in [0.2, 0.25) is 5.16 Å². The smallest absolute Gasteiger partial charge is 0.328 e. The van der Waals surface area contributed by atoms with Gasteiger partial charge >= 0.3 is 23.9 Å². The fourth-order valence-corrected chi connectivity index (χ4v) is 3.84. The highest BCUT2D eigenvalue weighted by Gasteiger charge is 2.24. The van der Waals surface area contributed by atoms with Gasteiger partial charge in [-0.3, -0.25) is 9.59 Å². The van der Waals surface area contributed by atoms with Crippen LogP contribution in [-0.4, -0.2) is 66.6 Å². The van der Waals surface area contributed by atoms with Crippen molar-refractivity contribution in [3.05, 3.63) is 35.4 Å². The summed E-state index contributed by atoms with van der Waals surface area (Å²) in [5.41, 5.74) is 2.06. The number of fused-ring (bicyclic) bond motifs is 1. The highest BCUT2D eigenvalue weighted by molar-refractivity contribution is 7.99. The van der Waals surface area contributed by atoms with Gasteiger partial charge in [-0.1, -0.05) is 11.8 Å². The minimum Gasteiger partial charge on any atom is -0.478 e. The van der Waals surface area contributed by atoms with Crippen LogP contribution in [0.4, 0.5) is 0 Å². The quantitative estimate of drug-likeness (QED) is 0.213. The molecule has 1 aromatic heterocycles. The van der Waals surface area contributed by atoms with Gasteiger partial charge in [0.05, 0.1) is 0 Å². The van der Waals surface area contributed by atoms with Crippen LogP contribution in [-0.2, 0) is 32.6 Å². The number of aryl methyl sites for hydroxylation is 1. The first-order valence-corrected chi connectivity index (χ1v) is 10.8. The first-order chi connectivity index (χ1) is 16.1. The molecular formula is C20H23N5O8S. The van der Waals surface area contributed by atoms with Crippen LogP contribution in [0.2, 0.25) is 0 Å². The van der Waals surface area contributed by atoms with Gasteiger partial charge in [0, 0.05) is 44.8 Å². The molecule has 2 aromatic rings. The second-order valence-corrected chi connectivity index (χ2v) is 7.83. The van der Waals surface area contributed by atoms with Crippen LogP contribution in [0.1, 0.15) is 31.0 Å². The topological polar surface area (TPSA) is 183 Å². The number of carbonyl (C=O) groups excluding carboxylic acids is 2. The van der Waals surface area contributed by atoms with Crippen LogP contribution in [0, 0.1) is 0 Å².